The summed E-state index contributed by atoms with van der Waals surface area (Å²) in [5, 5.41) is 17.2. The van der Waals surface area contributed by atoms with Crippen molar-refractivity contribution in [3.05, 3.63) is 41.2 Å². The summed E-state index contributed by atoms with van der Waals surface area (Å²) in [6.45, 7) is -0.250. The molecule has 74 valence electrons. The minimum atomic E-state index is -1.11. The van der Waals surface area contributed by atoms with E-state index >= 15 is 0 Å². The number of carboxylic acids is 1. The van der Waals surface area contributed by atoms with Crippen molar-refractivity contribution in [2.45, 2.75) is 6.61 Å². The molecular weight excluding hydrogens is 187 g/mol. The highest BCUT2D eigenvalue weighted by Crippen LogP contribution is 2.13. The van der Waals surface area contributed by atoms with Crippen LogP contribution in [0, 0.1) is 5.82 Å². The Morgan fingerprint density at radius 1 is 1.50 bits per heavy atom. The molecule has 3 nitrogen and oxygen atoms in total. The molecule has 14 heavy (non-hydrogen) atoms. The summed E-state index contributed by atoms with van der Waals surface area (Å²) >= 11 is 0. The number of hydrogen-bond acceptors (Lipinski definition) is 2. The standard InChI is InChI=1S/C10H9FO3/c11-9-3-1-8(6-12)7(5-9)2-4-10(13)14/h1-5,12H,6H2,(H,13,14). The molecule has 1 rings (SSSR count). The van der Waals surface area contributed by atoms with E-state index in [1.807, 2.05) is 0 Å². The predicted molar refractivity (Wildman–Crippen MR) is 49.0 cm³/mol. The quantitative estimate of drug-likeness (QED) is 0.719. The summed E-state index contributed by atoms with van der Waals surface area (Å²) in [6.07, 6.45) is 2.14. The Bertz CT molecular complexity index is 372. The van der Waals surface area contributed by atoms with Crippen LogP contribution in [0.3, 0.4) is 0 Å². The average Bonchev–Trinajstić information content (AvgIpc) is 2.15. The molecule has 0 amide bonds. The number of hydrogen-bond donors (Lipinski definition) is 2. The molecule has 0 bridgehead atoms. The molecule has 0 heterocycles. The Balaban J connectivity index is 3.04. The molecule has 4 heteroatoms. The van der Waals surface area contributed by atoms with Crippen molar-refractivity contribution in [3.63, 3.8) is 0 Å². The Kier molecular flexibility index (Phi) is 3.36. The van der Waals surface area contributed by atoms with Crippen LogP contribution in [0.1, 0.15) is 11.1 Å². The van der Waals surface area contributed by atoms with Gasteiger partial charge in [0.25, 0.3) is 0 Å². The first-order chi connectivity index (χ1) is 6.63. The minimum Gasteiger partial charge on any atom is -0.478 e. The minimum absolute atomic E-state index is 0.250. The fourth-order valence-corrected chi connectivity index (χ4v) is 1.03. The van der Waals surface area contributed by atoms with Gasteiger partial charge in [0.05, 0.1) is 6.61 Å². The summed E-state index contributed by atoms with van der Waals surface area (Å²) in [5.41, 5.74) is 0.860. The molecule has 0 saturated carbocycles. The monoisotopic (exact) mass is 196 g/mol. The van der Waals surface area contributed by atoms with Gasteiger partial charge in [-0.1, -0.05) is 6.07 Å². The van der Waals surface area contributed by atoms with Crippen LogP contribution in [0.4, 0.5) is 4.39 Å². The first kappa shape index (κ1) is 10.4. The van der Waals surface area contributed by atoms with E-state index in [-0.39, 0.29) is 6.61 Å². The lowest BCUT2D eigenvalue weighted by atomic mass is 10.1. The molecule has 0 aliphatic carbocycles. The van der Waals surface area contributed by atoms with E-state index in [1.165, 1.54) is 24.3 Å². The first-order valence-corrected chi connectivity index (χ1v) is 3.94. The fourth-order valence-electron chi connectivity index (χ4n) is 1.03. The number of halogens is 1. The number of carboxylic acid groups (broad SMARTS) is 1. The van der Waals surface area contributed by atoms with E-state index in [0.717, 1.165) is 6.08 Å². The lowest BCUT2D eigenvalue weighted by Gasteiger charge is -2.01. The maximum absolute atomic E-state index is 12.7. The normalized spacial score (nSPS) is 10.7. The molecule has 1 aromatic carbocycles. The zero-order chi connectivity index (χ0) is 10.6. The number of aliphatic carboxylic acids is 1. The number of rotatable bonds is 3. The molecule has 0 aliphatic rings. The maximum Gasteiger partial charge on any atom is 0.328 e. The number of aliphatic hydroxyl groups is 1. The van der Waals surface area contributed by atoms with Crippen molar-refractivity contribution in [1.29, 1.82) is 0 Å². The van der Waals surface area contributed by atoms with Crippen molar-refractivity contribution in [2.24, 2.45) is 0 Å². The highest BCUT2D eigenvalue weighted by atomic mass is 19.1. The van der Waals surface area contributed by atoms with Crippen molar-refractivity contribution in [2.75, 3.05) is 0 Å². The van der Waals surface area contributed by atoms with Gasteiger partial charge in [-0.15, -0.1) is 0 Å². The lowest BCUT2D eigenvalue weighted by Crippen LogP contribution is -1.91. The van der Waals surface area contributed by atoms with E-state index < -0.39 is 11.8 Å². The summed E-state index contributed by atoms with van der Waals surface area (Å²) in [4.78, 5) is 10.2. The van der Waals surface area contributed by atoms with E-state index in [4.69, 9.17) is 10.2 Å². The summed E-state index contributed by atoms with van der Waals surface area (Å²) < 4.78 is 12.7. The summed E-state index contributed by atoms with van der Waals surface area (Å²) in [7, 11) is 0. The fraction of sp³-hybridized carbons (Fsp3) is 0.100. The highest BCUT2D eigenvalue weighted by Gasteiger charge is 2.00. The van der Waals surface area contributed by atoms with E-state index in [1.54, 1.807) is 0 Å². The number of aliphatic hydroxyl groups excluding tert-OH is 1. The molecular formula is C10H9FO3. The van der Waals surface area contributed by atoms with Crippen LogP contribution in [0.25, 0.3) is 6.08 Å². The predicted octanol–water partition coefficient (Wildman–Crippen LogP) is 1.42. The van der Waals surface area contributed by atoms with Crippen molar-refractivity contribution >= 4 is 12.0 Å². The SMILES string of the molecule is O=C(O)C=Cc1cc(F)ccc1CO. The van der Waals surface area contributed by atoms with Crippen LogP contribution in [0.15, 0.2) is 24.3 Å². The summed E-state index contributed by atoms with van der Waals surface area (Å²) in [6, 6.07) is 3.80. The Labute approximate surface area is 80.1 Å². The van der Waals surface area contributed by atoms with Crippen LogP contribution >= 0.6 is 0 Å². The molecule has 0 aliphatic heterocycles. The zero-order valence-corrected chi connectivity index (χ0v) is 7.27. The zero-order valence-electron chi connectivity index (χ0n) is 7.27. The largest absolute Gasteiger partial charge is 0.478 e. The topological polar surface area (TPSA) is 57.5 Å². The van der Waals surface area contributed by atoms with Gasteiger partial charge in [-0.2, -0.15) is 0 Å². The molecule has 0 unspecified atom stereocenters. The van der Waals surface area contributed by atoms with Gasteiger partial charge in [0.15, 0.2) is 0 Å². The van der Waals surface area contributed by atoms with Gasteiger partial charge in [-0.25, -0.2) is 9.18 Å². The molecule has 0 spiro atoms. The van der Waals surface area contributed by atoms with Crippen molar-refractivity contribution in [1.82, 2.24) is 0 Å². The first-order valence-electron chi connectivity index (χ1n) is 3.94. The van der Waals surface area contributed by atoms with Gasteiger partial charge < -0.3 is 10.2 Å². The Morgan fingerprint density at radius 2 is 2.21 bits per heavy atom. The third-order valence-corrected chi connectivity index (χ3v) is 1.68. The van der Waals surface area contributed by atoms with E-state index in [2.05, 4.69) is 0 Å². The Morgan fingerprint density at radius 3 is 2.79 bits per heavy atom. The van der Waals surface area contributed by atoms with Gasteiger partial charge >= 0.3 is 5.97 Å². The van der Waals surface area contributed by atoms with Gasteiger partial charge in [0.1, 0.15) is 5.82 Å². The van der Waals surface area contributed by atoms with Gasteiger partial charge in [-0.05, 0) is 29.3 Å². The second-order valence-corrected chi connectivity index (χ2v) is 2.67. The second-order valence-electron chi connectivity index (χ2n) is 2.67. The summed E-state index contributed by atoms with van der Waals surface area (Å²) in [5.74, 6) is -1.58. The smallest absolute Gasteiger partial charge is 0.328 e. The van der Waals surface area contributed by atoms with Crippen LogP contribution in [-0.4, -0.2) is 16.2 Å². The molecule has 1 aromatic rings. The third kappa shape index (κ3) is 2.67. The van der Waals surface area contributed by atoms with Gasteiger partial charge in [-0.3, -0.25) is 0 Å². The number of benzene rings is 1. The average molecular weight is 196 g/mol. The molecule has 2 N–H and O–H groups in total. The van der Waals surface area contributed by atoms with Crippen LogP contribution in [0.5, 0.6) is 0 Å². The van der Waals surface area contributed by atoms with Gasteiger partial charge in [0.2, 0.25) is 0 Å². The molecule has 0 atom stereocenters. The maximum atomic E-state index is 12.7. The third-order valence-electron chi connectivity index (χ3n) is 1.68. The highest BCUT2D eigenvalue weighted by molar-refractivity contribution is 5.85. The Hall–Kier alpha value is -1.68. The van der Waals surface area contributed by atoms with E-state index in [9.17, 15) is 9.18 Å². The molecule has 0 radical (unpaired) electrons. The van der Waals surface area contributed by atoms with Gasteiger partial charge in [0, 0.05) is 6.08 Å². The lowest BCUT2D eigenvalue weighted by molar-refractivity contribution is -0.131. The number of carbonyl (C=O) groups is 1. The van der Waals surface area contributed by atoms with E-state index in [0.29, 0.717) is 11.1 Å². The second kappa shape index (κ2) is 4.53. The van der Waals surface area contributed by atoms with Crippen molar-refractivity contribution < 1.29 is 19.4 Å². The molecule has 0 aromatic heterocycles. The van der Waals surface area contributed by atoms with Crippen LogP contribution < -0.4 is 0 Å². The van der Waals surface area contributed by atoms with Crippen LogP contribution in [0.2, 0.25) is 0 Å². The molecule has 0 saturated heterocycles. The molecule has 0 fully saturated rings. The van der Waals surface area contributed by atoms with Crippen LogP contribution in [-0.2, 0) is 11.4 Å². The van der Waals surface area contributed by atoms with Crippen molar-refractivity contribution in [3.8, 4) is 0 Å².